The predicted octanol–water partition coefficient (Wildman–Crippen LogP) is 2.94. The van der Waals surface area contributed by atoms with Gasteiger partial charge >= 0.3 is 12.7 Å². The summed E-state index contributed by atoms with van der Waals surface area (Å²) in [5.74, 6) is -0.390. The van der Waals surface area contributed by atoms with E-state index in [1.165, 1.54) is 4.68 Å². The Hall–Kier alpha value is -1.97. The van der Waals surface area contributed by atoms with Gasteiger partial charge in [0.05, 0.1) is 43.2 Å². The van der Waals surface area contributed by atoms with Crippen molar-refractivity contribution in [1.29, 1.82) is 0 Å². The summed E-state index contributed by atoms with van der Waals surface area (Å²) in [6.07, 6.45) is -8.58. The molecule has 1 N–H and O–H groups in total. The molecule has 15 heteroatoms. The lowest BCUT2D eigenvalue weighted by molar-refractivity contribution is -0.357. The maximum atomic E-state index is 12.2. The molecule has 1 amide bonds. The minimum absolute atomic E-state index is 0.0819. The third-order valence-electron chi connectivity index (χ3n) is 6.05. The number of halogens is 6. The fraction of sp³-hybridized carbons (Fsp3) is 0.842. The van der Waals surface area contributed by atoms with Gasteiger partial charge in [0.1, 0.15) is 18.4 Å². The molecule has 1 aliphatic heterocycles. The van der Waals surface area contributed by atoms with Crippen LogP contribution in [-0.2, 0) is 23.7 Å². The third kappa shape index (κ3) is 7.02. The first-order valence-electron chi connectivity index (χ1n) is 10.9. The molecular formula is C19H24F6N4O5. The van der Waals surface area contributed by atoms with Crippen LogP contribution in [0.1, 0.15) is 56.4 Å². The van der Waals surface area contributed by atoms with Gasteiger partial charge in [-0.2, -0.15) is 0 Å². The third-order valence-corrected chi connectivity index (χ3v) is 6.05. The van der Waals surface area contributed by atoms with E-state index in [9.17, 15) is 31.1 Å². The predicted molar refractivity (Wildman–Crippen MR) is 99.0 cm³/mol. The summed E-state index contributed by atoms with van der Waals surface area (Å²) in [4.78, 5) is 12.0. The van der Waals surface area contributed by atoms with E-state index in [1.54, 1.807) is 6.20 Å². The summed E-state index contributed by atoms with van der Waals surface area (Å²) in [5.41, 5.74) is 0.564. The highest BCUT2D eigenvalue weighted by Crippen LogP contribution is 2.38. The largest absolute Gasteiger partial charge is 0.522 e. The molecule has 0 radical (unpaired) electrons. The highest BCUT2D eigenvalue weighted by atomic mass is 19.4. The molecule has 2 saturated carbocycles. The molecule has 0 unspecified atom stereocenters. The summed E-state index contributed by atoms with van der Waals surface area (Å²) < 4.78 is 93.4. The monoisotopic (exact) mass is 502 g/mol. The topological polar surface area (TPSA) is 96.7 Å². The fourth-order valence-electron chi connectivity index (χ4n) is 4.16. The molecule has 0 bridgehead atoms. The standard InChI is InChI=1S/C19H24F6N4O5/c20-18(21,22)33-13-3-11(4-13)29-7-15(27-28-29)16-2-1-10(8-32-16)26-17(30)9-31-12-5-14(6-12)34-19(23,24)25/h7,10-14,16H,1-6,8-9H2,(H,26,30)/t10-,11?,12?,13?,14?,16+/m0/s1. The molecule has 4 rings (SSSR count). The highest BCUT2D eigenvalue weighted by Gasteiger charge is 2.42. The Bertz CT molecular complexity index is 830. The molecular weight excluding hydrogens is 478 g/mol. The van der Waals surface area contributed by atoms with E-state index in [-0.39, 0.29) is 57.1 Å². The maximum Gasteiger partial charge on any atom is 0.522 e. The number of ether oxygens (including phenoxy) is 4. The number of carbonyl (C=O) groups excluding carboxylic acids is 1. The maximum absolute atomic E-state index is 12.2. The lowest BCUT2D eigenvalue weighted by Crippen LogP contribution is -2.45. The van der Waals surface area contributed by atoms with Crippen LogP contribution in [0.4, 0.5) is 26.3 Å². The summed E-state index contributed by atoms with van der Waals surface area (Å²) in [5, 5.41) is 10.8. The first kappa shape index (κ1) is 25.1. The smallest absolute Gasteiger partial charge is 0.370 e. The van der Waals surface area contributed by atoms with Crippen LogP contribution < -0.4 is 5.32 Å². The molecule has 0 aromatic carbocycles. The number of alkyl halides is 6. The van der Waals surface area contributed by atoms with Crippen LogP contribution >= 0.6 is 0 Å². The van der Waals surface area contributed by atoms with Gasteiger partial charge in [0, 0.05) is 12.8 Å². The van der Waals surface area contributed by atoms with Crippen LogP contribution in [0.2, 0.25) is 0 Å². The van der Waals surface area contributed by atoms with Crippen molar-refractivity contribution in [3.8, 4) is 0 Å². The van der Waals surface area contributed by atoms with Crippen LogP contribution in [-0.4, -0.2) is 71.2 Å². The SMILES string of the molecule is O=C(COC1CC(OC(F)(F)F)C1)N[C@H]1CC[C@H](c2cn(C3CC(OC(F)(F)F)C3)nn2)OC1. The Morgan fingerprint density at radius 2 is 1.68 bits per heavy atom. The van der Waals surface area contributed by atoms with Gasteiger partial charge in [0.15, 0.2) is 0 Å². The van der Waals surface area contributed by atoms with E-state index < -0.39 is 36.9 Å². The molecule has 34 heavy (non-hydrogen) atoms. The molecule has 1 saturated heterocycles. The fourth-order valence-corrected chi connectivity index (χ4v) is 4.16. The van der Waals surface area contributed by atoms with Crippen molar-refractivity contribution in [2.24, 2.45) is 0 Å². The zero-order chi connectivity index (χ0) is 24.5. The minimum Gasteiger partial charge on any atom is -0.370 e. The number of amides is 1. The van der Waals surface area contributed by atoms with E-state index in [1.807, 2.05) is 0 Å². The summed E-state index contributed by atoms with van der Waals surface area (Å²) in [6, 6.07) is -0.466. The Morgan fingerprint density at radius 3 is 2.26 bits per heavy atom. The number of carbonyl (C=O) groups is 1. The number of rotatable bonds is 8. The number of nitrogens with one attached hydrogen (secondary N) is 1. The summed E-state index contributed by atoms with van der Waals surface area (Å²) in [6.45, 7) is -0.0444. The first-order valence-corrected chi connectivity index (χ1v) is 10.9. The van der Waals surface area contributed by atoms with Gasteiger partial charge in [-0.25, -0.2) is 4.68 Å². The van der Waals surface area contributed by atoms with E-state index in [2.05, 4.69) is 25.1 Å². The van der Waals surface area contributed by atoms with Crippen molar-refractivity contribution < 1.29 is 50.1 Å². The van der Waals surface area contributed by atoms with Gasteiger partial charge < -0.3 is 14.8 Å². The second-order valence-corrected chi connectivity index (χ2v) is 8.69. The second kappa shape index (κ2) is 9.95. The molecule has 2 atom stereocenters. The van der Waals surface area contributed by atoms with E-state index in [0.29, 0.717) is 18.5 Å². The van der Waals surface area contributed by atoms with Crippen LogP contribution in [0, 0.1) is 0 Å². The zero-order valence-corrected chi connectivity index (χ0v) is 17.8. The van der Waals surface area contributed by atoms with Crippen LogP contribution in [0.3, 0.4) is 0 Å². The Balaban J connectivity index is 1.11. The Morgan fingerprint density at radius 1 is 1.03 bits per heavy atom. The van der Waals surface area contributed by atoms with E-state index >= 15 is 0 Å². The van der Waals surface area contributed by atoms with Gasteiger partial charge in [-0.15, -0.1) is 31.4 Å². The van der Waals surface area contributed by atoms with Gasteiger partial charge in [0.2, 0.25) is 5.91 Å². The van der Waals surface area contributed by atoms with Crippen molar-refractivity contribution in [2.75, 3.05) is 13.2 Å². The summed E-state index contributed by atoms with van der Waals surface area (Å²) >= 11 is 0. The molecule has 0 spiro atoms. The van der Waals surface area contributed by atoms with Crippen LogP contribution in [0.25, 0.3) is 0 Å². The van der Waals surface area contributed by atoms with Crippen molar-refractivity contribution in [3.63, 3.8) is 0 Å². The Kier molecular flexibility index (Phi) is 7.36. The number of aromatic nitrogens is 3. The molecule has 2 aliphatic carbocycles. The molecule has 1 aromatic rings. The molecule has 2 heterocycles. The first-order chi connectivity index (χ1) is 15.9. The van der Waals surface area contributed by atoms with Gasteiger partial charge in [-0.3, -0.25) is 14.3 Å². The van der Waals surface area contributed by atoms with Gasteiger partial charge in [-0.1, -0.05) is 5.21 Å². The van der Waals surface area contributed by atoms with E-state index in [0.717, 1.165) is 0 Å². The van der Waals surface area contributed by atoms with Crippen molar-refractivity contribution in [1.82, 2.24) is 20.3 Å². The lowest BCUT2D eigenvalue weighted by atomic mass is 9.89. The highest BCUT2D eigenvalue weighted by molar-refractivity contribution is 5.77. The zero-order valence-electron chi connectivity index (χ0n) is 17.8. The molecule has 1 aromatic heterocycles. The normalized spacial score (nSPS) is 32.1. The number of hydrogen-bond acceptors (Lipinski definition) is 7. The molecule has 3 fully saturated rings. The average Bonchev–Trinajstić information content (AvgIpc) is 3.14. The molecule has 3 aliphatic rings. The van der Waals surface area contributed by atoms with E-state index in [4.69, 9.17) is 9.47 Å². The van der Waals surface area contributed by atoms with Gasteiger partial charge in [0.25, 0.3) is 0 Å². The summed E-state index contributed by atoms with van der Waals surface area (Å²) in [7, 11) is 0. The van der Waals surface area contributed by atoms with Crippen molar-refractivity contribution in [2.45, 2.75) is 87.7 Å². The molecule has 192 valence electrons. The lowest BCUT2D eigenvalue weighted by Gasteiger charge is -2.35. The number of hydrogen-bond donors (Lipinski definition) is 1. The quantitative estimate of drug-likeness (QED) is 0.546. The second-order valence-electron chi connectivity index (χ2n) is 8.69. The van der Waals surface area contributed by atoms with Crippen molar-refractivity contribution in [3.05, 3.63) is 11.9 Å². The van der Waals surface area contributed by atoms with Crippen LogP contribution in [0.15, 0.2) is 6.20 Å². The average molecular weight is 502 g/mol. The Labute approximate surface area is 190 Å². The van der Waals surface area contributed by atoms with Gasteiger partial charge in [-0.05, 0) is 25.7 Å². The minimum atomic E-state index is -4.67. The van der Waals surface area contributed by atoms with Crippen LogP contribution in [0.5, 0.6) is 0 Å². The molecule has 9 nitrogen and oxygen atoms in total. The number of nitrogens with zero attached hydrogens (tertiary/aromatic N) is 3. The van der Waals surface area contributed by atoms with Crippen molar-refractivity contribution >= 4 is 5.91 Å².